The molecule has 0 bridgehead atoms. The van der Waals surface area contributed by atoms with Crippen LogP contribution in [0.1, 0.15) is 36.5 Å². The summed E-state index contributed by atoms with van der Waals surface area (Å²) in [7, 11) is 0. The van der Waals surface area contributed by atoms with Gasteiger partial charge in [-0.05, 0) is 42.2 Å². The number of fused-ring (bicyclic) bond motifs is 2. The molecule has 1 saturated heterocycles. The standard InChI is InChI=1S/C18H26N2O/c19-17-7-3-5-14-10-20(11-16(14)17)12-18-15-6-2-1-4-13(15)8-9-21-18/h1-2,4,6,14,16-18H,3,5,7-12,19H2. The molecule has 4 atom stereocenters. The molecule has 114 valence electrons. The Kier molecular flexibility index (Phi) is 3.74. The van der Waals surface area contributed by atoms with Crippen LogP contribution in [0.15, 0.2) is 24.3 Å². The van der Waals surface area contributed by atoms with Gasteiger partial charge in [-0.25, -0.2) is 0 Å². The first kappa shape index (κ1) is 13.7. The van der Waals surface area contributed by atoms with Crippen LogP contribution in [0.5, 0.6) is 0 Å². The lowest BCUT2D eigenvalue weighted by Crippen LogP contribution is -2.38. The van der Waals surface area contributed by atoms with E-state index in [9.17, 15) is 0 Å². The van der Waals surface area contributed by atoms with Crippen LogP contribution < -0.4 is 5.73 Å². The fourth-order valence-electron chi connectivity index (χ4n) is 4.62. The van der Waals surface area contributed by atoms with E-state index in [1.54, 1.807) is 0 Å². The minimum atomic E-state index is 0.256. The zero-order valence-corrected chi connectivity index (χ0v) is 12.7. The fraction of sp³-hybridized carbons (Fsp3) is 0.667. The first-order valence-corrected chi connectivity index (χ1v) is 8.48. The summed E-state index contributed by atoms with van der Waals surface area (Å²) in [5.41, 5.74) is 9.21. The van der Waals surface area contributed by atoms with Crippen molar-refractivity contribution in [3.8, 4) is 0 Å². The van der Waals surface area contributed by atoms with Gasteiger partial charge in [-0.2, -0.15) is 0 Å². The van der Waals surface area contributed by atoms with E-state index in [0.717, 1.165) is 31.4 Å². The highest BCUT2D eigenvalue weighted by atomic mass is 16.5. The maximum absolute atomic E-state index is 6.33. The van der Waals surface area contributed by atoms with Crippen molar-refractivity contribution in [2.75, 3.05) is 26.2 Å². The van der Waals surface area contributed by atoms with Crippen molar-refractivity contribution in [2.45, 2.75) is 37.8 Å². The van der Waals surface area contributed by atoms with E-state index in [2.05, 4.69) is 29.2 Å². The molecular formula is C18H26N2O. The molecule has 21 heavy (non-hydrogen) atoms. The molecule has 2 aliphatic heterocycles. The van der Waals surface area contributed by atoms with E-state index in [0.29, 0.717) is 6.04 Å². The van der Waals surface area contributed by atoms with E-state index in [1.807, 2.05) is 0 Å². The summed E-state index contributed by atoms with van der Waals surface area (Å²) in [5, 5.41) is 0. The van der Waals surface area contributed by atoms with Crippen molar-refractivity contribution in [2.24, 2.45) is 17.6 Å². The third-order valence-corrected chi connectivity index (χ3v) is 5.75. The van der Waals surface area contributed by atoms with Crippen LogP contribution in [0.3, 0.4) is 0 Å². The highest BCUT2D eigenvalue weighted by Gasteiger charge is 2.39. The average molecular weight is 286 g/mol. The summed E-state index contributed by atoms with van der Waals surface area (Å²) >= 11 is 0. The van der Waals surface area contributed by atoms with Crippen molar-refractivity contribution >= 4 is 0 Å². The lowest BCUT2D eigenvalue weighted by Gasteiger charge is -2.30. The second-order valence-corrected chi connectivity index (χ2v) is 7.05. The van der Waals surface area contributed by atoms with Gasteiger partial charge in [0.2, 0.25) is 0 Å². The Morgan fingerprint density at radius 1 is 1.19 bits per heavy atom. The van der Waals surface area contributed by atoms with Gasteiger partial charge < -0.3 is 10.5 Å². The van der Waals surface area contributed by atoms with E-state index < -0.39 is 0 Å². The molecule has 1 saturated carbocycles. The van der Waals surface area contributed by atoms with Crippen molar-refractivity contribution in [3.63, 3.8) is 0 Å². The summed E-state index contributed by atoms with van der Waals surface area (Å²) in [6.45, 7) is 4.30. The quantitative estimate of drug-likeness (QED) is 0.907. The van der Waals surface area contributed by atoms with Crippen LogP contribution in [-0.2, 0) is 11.2 Å². The molecule has 1 aromatic carbocycles. The molecule has 0 amide bonds. The molecule has 4 unspecified atom stereocenters. The van der Waals surface area contributed by atoms with E-state index >= 15 is 0 Å². The van der Waals surface area contributed by atoms with Crippen LogP contribution in [0.25, 0.3) is 0 Å². The van der Waals surface area contributed by atoms with E-state index in [4.69, 9.17) is 10.5 Å². The van der Waals surface area contributed by atoms with Crippen molar-refractivity contribution in [3.05, 3.63) is 35.4 Å². The normalized spacial score (nSPS) is 36.2. The van der Waals surface area contributed by atoms with Crippen molar-refractivity contribution < 1.29 is 4.74 Å². The van der Waals surface area contributed by atoms with Crippen molar-refractivity contribution in [1.29, 1.82) is 0 Å². The topological polar surface area (TPSA) is 38.5 Å². The first-order valence-electron chi connectivity index (χ1n) is 8.48. The van der Waals surface area contributed by atoms with Gasteiger partial charge in [0.1, 0.15) is 0 Å². The Bertz CT molecular complexity index is 504. The molecule has 2 heterocycles. The molecule has 3 heteroatoms. The van der Waals surface area contributed by atoms with Crippen LogP contribution in [0.2, 0.25) is 0 Å². The van der Waals surface area contributed by atoms with Crippen LogP contribution >= 0.6 is 0 Å². The smallest absolute Gasteiger partial charge is 0.0954 e. The molecule has 1 aromatic rings. The molecule has 4 rings (SSSR count). The Balaban J connectivity index is 1.46. The number of nitrogens with two attached hydrogens (primary N) is 1. The molecule has 0 spiro atoms. The minimum absolute atomic E-state index is 0.256. The molecule has 2 fully saturated rings. The lowest BCUT2D eigenvalue weighted by molar-refractivity contribution is 0.0194. The maximum atomic E-state index is 6.33. The van der Waals surface area contributed by atoms with Gasteiger partial charge in [0, 0.05) is 25.7 Å². The predicted octanol–water partition coefficient (Wildman–Crippen LogP) is 2.36. The molecule has 0 aromatic heterocycles. The third-order valence-electron chi connectivity index (χ3n) is 5.75. The summed E-state index contributed by atoms with van der Waals surface area (Å²) in [4.78, 5) is 2.60. The Hall–Kier alpha value is -0.900. The van der Waals surface area contributed by atoms with Gasteiger partial charge in [0.25, 0.3) is 0 Å². The number of ether oxygens (including phenoxy) is 1. The van der Waals surface area contributed by atoms with Crippen molar-refractivity contribution in [1.82, 2.24) is 4.90 Å². The van der Waals surface area contributed by atoms with Gasteiger partial charge >= 0.3 is 0 Å². The molecule has 0 radical (unpaired) electrons. The zero-order chi connectivity index (χ0) is 14.2. The molecule has 3 nitrogen and oxygen atoms in total. The average Bonchev–Trinajstić information content (AvgIpc) is 2.92. The molecule has 2 N–H and O–H groups in total. The zero-order valence-electron chi connectivity index (χ0n) is 12.7. The Morgan fingerprint density at radius 2 is 2.10 bits per heavy atom. The Morgan fingerprint density at radius 3 is 3.00 bits per heavy atom. The number of nitrogens with zero attached hydrogens (tertiary/aromatic N) is 1. The number of likely N-dealkylation sites (tertiary alicyclic amines) is 1. The largest absolute Gasteiger partial charge is 0.372 e. The third kappa shape index (κ3) is 2.63. The van der Waals surface area contributed by atoms with Gasteiger partial charge in [-0.15, -0.1) is 0 Å². The van der Waals surface area contributed by atoms with Gasteiger partial charge in [-0.3, -0.25) is 4.90 Å². The second-order valence-electron chi connectivity index (χ2n) is 7.05. The van der Waals surface area contributed by atoms with Gasteiger partial charge in [0.05, 0.1) is 12.7 Å². The monoisotopic (exact) mass is 286 g/mol. The number of rotatable bonds is 2. The summed E-state index contributed by atoms with van der Waals surface area (Å²) in [6, 6.07) is 9.21. The highest BCUT2D eigenvalue weighted by molar-refractivity contribution is 5.31. The Labute approximate surface area is 127 Å². The second kappa shape index (κ2) is 5.71. The predicted molar refractivity (Wildman–Crippen MR) is 84.1 cm³/mol. The molecule has 1 aliphatic carbocycles. The van der Waals surface area contributed by atoms with E-state index in [1.165, 1.54) is 43.5 Å². The SMILES string of the molecule is NC1CCCC2CN(CC3OCCc4ccccc43)CC12. The van der Waals surface area contributed by atoms with E-state index in [-0.39, 0.29) is 6.10 Å². The maximum Gasteiger partial charge on any atom is 0.0954 e. The van der Waals surface area contributed by atoms with Gasteiger partial charge in [-0.1, -0.05) is 30.7 Å². The molecular weight excluding hydrogens is 260 g/mol. The summed E-state index contributed by atoms with van der Waals surface area (Å²) in [5.74, 6) is 1.55. The number of hydrogen-bond donors (Lipinski definition) is 1. The van der Waals surface area contributed by atoms with Crippen LogP contribution in [0.4, 0.5) is 0 Å². The lowest BCUT2D eigenvalue weighted by atomic mass is 9.78. The van der Waals surface area contributed by atoms with Gasteiger partial charge in [0.15, 0.2) is 0 Å². The summed E-state index contributed by atoms with van der Waals surface area (Å²) < 4.78 is 6.07. The van der Waals surface area contributed by atoms with Crippen LogP contribution in [-0.4, -0.2) is 37.2 Å². The molecule has 3 aliphatic rings. The fourth-order valence-corrected chi connectivity index (χ4v) is 4.62. The first-order chi connectivity index (χ1) is 10.3. The number of hydrogen-bond acceptors (Lipinski definition) is 3. The van der Waals surface area contributed by atoms with Crippen LogP contribution in [0, 0.1) is 11.8 Å². The minimum Gasteiger partial charge on any atom is -0.372 e. The summed E-state index contributed by atoms with van der Waals surface area (Å²) in [6.07, 6.45) is 5.22. The highest BCUT2D eigenvalue weighted by Crippen LogP contribution is 2.37. The number of benzene rings is 1.